The predicted octanol–water partition coefficient (Wildman–Crippen LogP) is 5.57. The highest BCUT2D eigenvalue weighted by Gasteiger charge is 2.54. The molecule has 2 aliphatic rings. The van der Waals surface area contributed by atoms with E-state index in [-0.39, 0.29) is 29.8 Å². The number of esters is 1. The highest BCUT2D eigenvalue weighted by molar-refractivity contribution is 7.15. The molecule has 1 amide bonds. The molecule has 2 saturated carbocycles. The van der Waals surface area contributed by atoms with Gasteiger partial charge in [-0.1, -0.05) is 45.0 Å². The number of rotatable bonds is 6. The van der Waals surface area contributed by atoms with E-state index in [4.69, 9.17) is 4.74 Å². The lowest BCUT2D eigenvalue weighted by Crippen LogP contribution is -2.37. The minimum Gasteiger partial charge on any atom is -0.481 e. The molecular weight excluding hydrogens is 438 g/mol. The van der Waals surface area contributed by atoms with Gasteiger partial charge in [0.1, 0.15) is 10.6 Å². The van der Waals surface area contributed by atoms with Crippen LogP contribution in [0.1, 0.15) is 62.9 Å². The molecule has 6 nitrogen and oxygen atoms in total. The number of ether oxygens (including phenoxy) is 1. The van der Waals surface area contributed by atoms with Crippen LogP contribution in [0.15, 0.2) is 29.6 Å². The summed E-state index contributed by atoms with van der Waals surface area (Å²) in [6.45, 7) is 8.39. The van der Waals surface area contributed by atoms with Gasteiger partial charge in [0.25, 0.3) is 0 Å². The van der Waals surface area contributed by atoms with Crippen LogP contribution in [0.5, 0.6) is 0 Å². The minimum absolute atomic E-state index is 0.0115. The number of carbonyl (C=O) groups excluding carboxylic acids is 2. The molecule has 2 fully saturated rings. The summed E-state index contributed by atoms with van der Waals surface area (Å²) in [6, 6.07) is 8.06. The van der Waals surface area contributed by atoms with Gasteiger partial charge >= 0.3 is 11.9 Å². The Morgan fingerprint density at radius 2 is 1.73 bits per heavy atom. The Bertz CT molecular complexity index is 1070. The number of hydrogen-bond acceptors (Lipinski definition) is 5. The Hall–Kier alpha value is -2.67. The van der Waals surface area contributed by atoms with Crippen molar-refractivity contribution in [3.05, 3.63) is 40.8 Å². The standard InChI is InChI=1S/C26H31NO5S/c1-5-32-25(31)21-18(14-8-10-17(11-9-14)26(2,3)4)13-33-23(21)27-22(28)19-15-6-7-16(12-15)20(19)24(29)30/h8-11,13,15-16,19-20H,5-7,12H2,1-4H3,(H,27,28)(H,29,30)/t15-,16-,19-,20+/m0/s1. The molecule has 33 heavy (non-hydrogen) atoms. The molecule has 0 spiro atoms. The van der Waals surface area contributed by atoms with Crippen LogP contribution in [0, 0.1) is 23.7 Å². The van der Waals surface area contributed by atoms with E-state index in [2.05, 4.69) is 26.1 Å². The van der Waals surface area contributed by atoms with Gasteiger partial charge in [-0.3, -0.25) is 9.59 Å². The topological polar surface area (TPSA) is 92.7 Å². The predicted molar refractivity (Wildman–Crippen MR) is 128 cm³/mol. The molecule has 1 aromatic carbocycles. The SMILES string of the molecule is CCOC(=O)c1c(-c2ccc(C(C)(C)C)cc2)csc1NC(=O)[C@H]1[C@H]2CC[C@@H](C2)[C@H]1C(=O)O. The number of amides is 1. The van der Waals surface area contributed by atoms with E-state index in [1.54, 1.807) is 6.92 Å². The molecule has 7 heteroatoms. The first-order valence-corrected chi connectivity index (χ1v) is 12.4. The van der Waals surface area contributed by atoms with Crippen LogP contribution in [0.4, 0.5) is 5.00 Å². The highest BCUT2D eigenvalue weighted by Crippen LogP contribution is 2.53. The summed E-state index contributed by atoms with van der Waals surface area (Å²) in [5, 5.41) is 14.9. The number of aliphatic carboxylic acids is 1. The van der Waals surface area contributed by atoms with Crippen LogP contribution in [0.3, 0.4) is 0 Å². The molecule has 0 radical (unpaired) electrons. The molecule has 1 aromatic heterocycles. The van der Waals surface area contributed by atoms with Crippen LogP contribution >= 0.6 is 11.3 Å². The summed E-state index contributed by atoms with van der Waals surface area (Å²) in [7, 11) is 0. The van der Waals surface area contributed by atoms with Crippen LogP contribution in [-0.4, -0.2) is 29.6 Å². The number of carboxylic acid groups (broad SMARTS) is 1. The van der Waals surface area contributed by atoms with Crippen molar-refractivity contribution in [1.82, 2.24) is 0 Å². The van der Waals surface area contributed by atoms with E-state index in [9.17, 15) is 19.5 Å². The Balaban J connectivity index is 1.65. The summed E-state index contributed by atoms with van der Waals surface area (Å²) >= 11 is 1.27. The molecule has 2 aliphatic carbocycles. The van der Waals surface area contributed by atoms with E-state index >= 15 is 0 Å². The fourth-order valence-electron chi connectivity index (χ4n) is 5.44. The molecular formula is C26H31NO5S. The smallest absolute Gasteiger partial charge is 0.341 e. The van der Waals surface area contributed by atoms with Crippen molar-refractivity contribution in [2.45, 2.75) is 52.4 Å². The molecule has 176 valence electrons. The third-order valence-electron chi connectivity index (χ3n) is 7.07. The summed E-state index contributed by atoms with van der Waals surface area (Å²) in [5.41, 5.74) is 3.10. The zero-order valence-electron chi connectivity index (χ0n) is 19.5. The minimum atomic E-state index is -0.904. The molecule has 0 aliphatic heterocycles. The van der Waals surface area contributed by atoms with E-state index in [1.165, 1.54) is 16.9 Å². The van der Waals surface area contributed by atoms with Gasteiger partial charge < -0.3 is 15.2 Å². The maximum Gasteiger partial charge on any atom is 0.341 e. The molecule has 4 atom stereocenters. The molecule has 0 saturated heterocycles. The maximum absolute atomic E-state index is 13.2. The number of carboxylic acids is 1. The third kappa shape index (κ3) is 4.43. The zero-order chi connectivity index (χ0) is 23.9. The zero-order valence-corrected chi connectivity index (χ0v) is 20.3. The van der Waals surface area contributed by atoms with Crippen molar-refractivity contribution >= 4 is 34.2 Å². The van der Waals surface area contributed by atoms with Crippen molar-refractivity contribution in [3.63, 3.8) is 0 Å². The van der Waals surface area contributed by atoms with Crippen LogP contribution < -0.4 is 5.32 Å². The summed E-state index contributed by atoms with van der Waals surface area (Å²) < 4.78 is 5.31. The number of benzene rings is 1. The van der Waals surface area contributed by atoms with Crippen molar-refractivity contribution in [3.8, 4) is 11.1 Å². The normalized spacial score (nSPS) is 24.0. The number of anilines is 1. The number of hydrogen-bond donors (Lipinski definition) is 2. The van der Waals surface area contributed by atoms with Crippen LogP contribution in [-0.2, 0) is 19.7 Å². The molecule has 2 bridgehead atoms. The van der Waals surface area contributed by atoms with Gasteiger partial charge in [0.2, 0.25) is 5.91 Å². The number of nitrogens with one attached hydrogen (secondary N) is 1. The first-order valence-electron chi connectivity index (χ1n) is 11.5. The van der Waals surface area contributed by atoms with Gasteiger partial charge in [-0.25, -0.2) is 4.79 Å². The molecule has 4 rings (SSSR count). The second-order valence-electron chi connectivity index (χ2n) is 10.1. The van der Waals surface area contributed by atoms with Gasteiger partial charge in [-0.2, -0.15) is 0 Å². The Morgan fingerprint density at radius 1 is 1.09 bits per heavy atom. The average molecular weight is 470 g/mol. The van der Waals surface area contributed by atoms with E-state index in [1.807, 2.05) is 29.6 Å². The quantitative estimate of drug-likeness (QED) is 0.539. The number of fused-ring (bicyclic) bond motifs is 2. The van der Waals surface area contributed by atoms with E-state index < -0.39 is 23.8 Å². The van der Waals surface area contributed by atoms with Crippen LogP contribution in [0.25, 0.3) is 11.1 Å². The molecule has 2 aromatic rings. The summed E-state index contributed by atoms with van der Waals surface area (Å²) in [6.07, 6.45) is 2.54. The summed E-state index contributed by atoms with van der Waals surface area (Å²) in [4.78, 5) is 38.0. The molecule has 1 heterocycles. The second-order valence-corrected chi connectivity index (χ2v) is 11.0. The van der Waals surface area contributed by atoms with Gasteiger partial charge in [-0.15, -0.1) is 11.3 Å². The molecule has 2 N–H and O–H groups in total. The largest absolute Gasteiger partial charge is 0.481 e. The van der Waals surface area contributed by atoms with Crippen LogP contribution in [0.2, 0.25) is 0 Å². The number of carbonyl (C=O) groups is 3. The van der Waals surface area contributed by atoms with Gasteiger partial charge in [0, 0.05) is 10.9 Å². The Morgan fingerprint density at radius 3 is 2.30 bits per heavy atom. The second kappa shape index (κ2) is 8.93. The Kier molecular flexibility index (Phi) is 6.36. The van der Waals surface area contributed by atoms with E-state index in [0.29, 0.717) is 16.1 Å². The lowest BCUT2D eigenvalue weighted by atomic mass is 9.78. The Labute approximate surface area is 198 Å². The van der Waals surface area contributed by atoms with Crippen molar-refractivity contribution in [2.24, 2.45) is 23.7 Å². The van der Waals surface area contributed by atoms with Crippen molar-refractivity contribution in [1.29, 1.82) is 0 Å². The van der Waals surface area contributed by atoms with Crippen molar-refractivity contribution in [2.75, 3.05) is 11.9 Å². The monoisotopic (exact) mass is 469 g/mol. The fourth-order valence-corrected chi connectivity index (χ4v) is 6.40. The third-order valence-corrected chi connectivity index (χ3v) is 7.97. The molecule has 0 unspecified atom stereocenters. The van der Waals surface area contributed by atoms with Gasteiger partial charge in [0.15, 0.2) is 0 Å². The first-order chi connectivity index (χ1) is 15.6. The number of thiophene rings is 1. The van der Waals surface area contributed by atoms with E-state index in [0.717, 1.165) is 24.8 Å². The summed E-state index contributed by atoms with van der Waals surface area (Å²) in [5.74, 6) is -2.77. The first kappa shape index (κ1) is 23.5. The van der Waals surface area contributed by atoms with Gasteiger partial charge in [0.05, 0.1) is 18.4 Å². The maximum atomic E-state index is 13.2. The lowest BCUT2D eigenvalue weighted by Gasteiger charge is -2.27. The van der Waals surface area contributed by atoms with Gasteiger partial charge in [-0.05, 0) is 54.6 Å². The highest BCUT2D eigenvalue weighted by atomic mass is 32.1. The fraction of sp³-hybridized carbons (Fsp3) is 0.500. The van der Waals surface area contributed by atoms with Crippen molar-refractivity contribution < 1.29 is 24.2 Å². The average Bonchev–Trinajstić information content (AvgIpc) is 3.47. The lowest BCUT2D eigenvalue weighted by molar-refractivity contribution is -0.148.